The number of hydrogen-bond acceptors (Lipinski definition) is 3. The Balaban J connectivity index is 1.93. The number of imidazole rings is 1. The highest BCUT2D eigenvalue weighted by Crippen LogP contribution is 2.26. The summed E-state index contributed by atoms with van der Waals surface area (Å²) in [4.78, 5) is 15.3. The molecule has 0 saturated heterocycles. The Labute approximate surface area is 97.3 Å². The summed E-state index contributed by atoms with van der Waals surface area (Å²) in [5, 5.41) is 15.8. The van der Waals surface area contributed by atoms with Gasteiger partial charge in [0.1, 0.15) is 5.82 Å². The van der Waals surface area contributed by atoms with Gasteiger partial charge >= 0.3 is 5.97 Å². The minimum Gasteiger partial charge on any atom is -0.481 e. The van der Waals surface area contributed by atoms with Crippen molar-refractivity contribution in [3.05, 3.63) is 23.9 Å². The second-order valence-corrected chi connectivity index (χ2v) is 4.34. The number of hydrogen-bond donors (Lipinski definition) is 2. The van der Waals surface area contributed by atoms with Crippen LogP contribution in [-0.4, -0.2) is 30.8 Å². The van der Waals surface area contributed by atoms with E-state index in [4.69, 9.17) is 5.11 Å². The third kappa shape index (κ3) is 1.52. The average Bonchev–Trinajstić information content (AvgIpc) is 2.88. The SMILES string of the molecule is Cc1[nH]ncc1-c1cn2c(n1)CC(C(=O)O)C2. The van der Waals surface area contributed by atoms with E-state index in [1.54, 1.807) is 6.20 Å². The molecule has 1 unspecified atom stereocenters. The van der Waals surface area contributed by atoms with Crippen molar-refractivity contribution in [2.24, 2.45) is 5.92 Å². The highest BCUT2D eigenvalue weighted by atomic mass is 16.4. The number of carboxylic acids is 1. The molecule has 0 aromatic carbocycles. The van der Waals surface area contributed by atoms with Gasteiger partial charge in [0.25, 0.3) is 0 Å². The van der Waals surface area contributed by atoms with E-state index >= 15 is 0 Å². The second-order valence-electron chi connectivity index (χ2n) is 4.34. The Kier molecular flexibility index (Phi) is 2.04. The molecule has 6 heteroatoms. The van der Waals surface area contributed by atoms with Crippen LogP contribution in [0, 0.1) is 12.8 Å². The van der Waals surface area contributed by atoms with Crippen LogP contribution < -0.4 is 0 Å². The molecular formula is C11H12N4O2. The molecule has 3 heterocycles. The number of nitrogens with zero attached hydrogens (tertiary/aromatic N) is 3. The molecule has 6 nitrogen and oxygen atoms in total. The van der Waals surface area contributed by atoms with Gasteiger partial charge in [-0.2, -0.15) is 5.10 Å². The molecule has 88 valence electrons. The first-order chi connectivity index (χ1) is 8.15. The lowest BCUT2D eigenvalue weighted by atomic mass is 10.1. The molecule has 0 fully saturated rings. The summed E-state index contributed by atoms with van der Waals surface area (Å²) in [7, 11) is 0. The topological polar surface area (TPSA) is 83.8 Å². The summed E-state index contributed by atoms with van der Waals surface area (Å²) in [6, 6.07) is 0. The van der Waals surface area contributed by atoms with Crippen LogP contribution in [0.4, 0.5) is 0 Å². The third-order valence-electron chi connectivity index (χ3n) is 3.16. The number of carboxylic acid groups (broad SMARTS) is 1. The minimum atomic E-state index is -0.753. The van der Waals surface area contributed by atoms with E-state index in [1.165, 1.54) is 0 Å². The molecule has 2 aromatic heterocycles. The van der Waals surface area contributed by atoms with Crippen molar-refractivity contribution in [1.29, 1.82) is 0 Å². The summed E-state index contributed by atoms with van der Waals surface area (Å²) >= 11 is 0. The van der Waals surface area contributed by atoms with Crippen LogP contribution in [0.25, 0.3) is 11.3 Å². The lowest BCUT2D eigenvalue weighted by Gasteiger charge is -2.00. The molecule has 2 aromatic rings. The fraction of sp³-hybridized carbons (Fsp3) is 0.364. The van der Waals surface area contributed by atoms with E-state index in [-0.39, 0.29) is 5.92 Å². The fourth-order valence-corrected chi connectivity index (χ4v) is 2.20. The maximum atomic E-state index is 10.9. The van der Waals surface area contributed by atoms with Gasteiger partial charge in [0.15, 0.2) is 0 Å². The van der Waals surface area contributed by atoms with Crippen LogP contribution >= 0.6 is 0 Å². The van der Waals surface area contributed by atoms with Crippen molar-refractivity contribution in [3.8, 4) is 11.3 Å². The van der Waals surface area contributed by atoms with Gasteiger partial charge in [-0.1, -0.05) is 0 Å². The number of H-pyrrole nitrogens is 1. The Bertz CT molecular complexity index is 561. The number of aryl methyl sites for hydroxylation is 1. The fourth-order valence-electron chi connectivity index (χ4n) is 2.20. The van der Waals surface area contributed by atoms with Gasteiger partial charge in [0, 0.05) is 30.4 Å². The number of aliphatic carboxylic acids is 1. The molecule has 0 spiro atoms. The predicted molar refractivity (Wildman–Crippen MR) is 59.4 cm³/mol. The number of carbonyl (C=O) groups is 1. The smallest absolute Gasteiger partial charge is 0.308 e. The Morgan fingerprint density at radius 2 is 2.47 bits per heavy atom. The van der Waals surface area contributed by atoms with Crippen LogP contribution in [0.3, 0.4) is 0 Å². The molecule has 1 aliphatic heterocycles. The zero-order valence-electron chi connectivity index (χ0n) is 9.34. The van der Waals surface area contributed by atoms with Gasteiger partial charge in [-0.15, -0.1) is 0 Å². The van der Waals surface area contributed by atoms with E-state index in [1.807, 2.05) is 17.7 Å². The van der Waals surface area contributed by atoms with Crippen LogP contribution in [0.5, 0.6) is 0 Å². The van der Waals surface area contributed by atoms with Crippen molar-refractivity contribution in [3.63, 3.8) is 0 Å². The first-order valence-electron chi connectivity index (χ1n) is 5.44. The van der Waals surface area contributed by atoms with Crippen molar-refractivity contribution >= 4 is 5.97 Å². The highest BCUT2D eigenvalue weighted by Gasteiger charge is 2.29. The number of aromatic nitrogens is 4. The van der Waals surface area contributed by atoms with Crippen molar-refractivity contribution in [2.45, 2.75) is 19.9 Å². The van der Waals surface area contributed by atoms with Gasteiger partial charge < -0.3 is 9.67 Å². The Hall–Kier alpha value is -2.11. The minimum absolute atomic E-state index is 0.336. The van der Waals surface area contributed by atoms with E-state index in [0.29, 0.717) is 13.0 Å². The molecule has 2 N–H and O–H groups in total. The number of nitrogens with one attached hydrogen (secondary N) is 1. The average molecular weight is 232 g/mol. The summed E-state index contributed by atoms with van der Waals surface area (Å²) in [6.45, 7) is 2.45. The van der Waals surface area contributed by atoms with Gasteiger partial charge in [-0.25, -0.2) is 4.98 Å². The van der Waals surface area contributed by atoms with Gasteiger partial charge in [-0.05, 0) is 6.92 Å². The van der Waals surface area contributed by atoms with Crippen molar-refractivity contribution in [2.75, 3.05) is 0 Å². The van der Waals surface area contributed by atoms with E-state index < -0.39 is 5.97 Å². The lowest BCUT2D eigenvalue weighted by molar-refractivity contribution is -0.141. The first-order valence-corrected chi connectivity index (χ1v) is 5.44. The summed E-state index contributed by atoms with van der Waals surface area (Å²) in [5.74, 6) is -0.249. The molecule has 0 bridgehead atoms. The number of rotatable bonds is 2. The standard InChI is InChI=1S/C11H12N4O2/c1-6-8(3-12-14-6)9-5-15-4-7(11(16)17)2-10(15)13-9/h3,5,7H,2,4H2,1H3,(H,12,14)(H,16,17). The molecular weight excluding hydrogens is 220 g/mol. The number of fused-ring (bicyclic) bond motifs is 1. The maximum Gasteiger partial charge on any atom is 0.308 e. The van der Waals surface area contributed by atoms with Crippen LogP contribution in [0.1, 0.15) is 11.5 Å². The molecule has 1 aliphatic rings. The maximum absolute atomic E-state index is 10.9. The molecule has 1 atom stereocenters. The largest absolute Gasteiger partial charge is 0.481 e. The first kappa shape index (κ1) is 10.1. The molecule has 3 rings (SSSR count). The quantitative estimate of drug-likeness (QED) is 0.803. The van der Waals surface area contributed by atoms with Crippen molar-refractivity contribution in [1.82, 2.24) is 19.7 Å². The lowest BCUT2D eigenvalue weighted by Crippen LogP contribution is -2.14. The highest BCUT2D eigenvalue weighted by molar-refractivity contribution is 5.71. The summed E-state index contributed by atoms with van der Waals surface area (Å²) in [6.07, 6.45) is 4.14. The number of aromatic amines is 1. The van der Waals surface area contributed by atoms with Gasteiger partial charge in [-0.3, -0.25) is 9.89 Å². The second kappa shape index (κ2) is 3.44. The van der Waals surface area contributed by atoms with Crippen LogP contribution in [0.2, 0.25) is 0 Å². The molecule has 0 aliphatic carbocycles. The molecule has 0 saturated carbocycles. The molecule has 0 amide bonds. The zero-order chi connectivity index (χ0) is 12.0. The normalized spacial score (nSPS) is 18.3. The molecule has 0 radical (unpaired) electrons. The van der Waals surface area contributed by atoms with Crippen LogP contribution in [-0.2, 0) is 17.8 Å². The zero-order valence-corrected chi connectivity index (χ0v) is 9.34. The monoisotopic (exact) mass is 232 g/mol. The summed E-state index contributed by atoms with van der Waals surface area (Å²) in [5.41, 5.74) is 2.80. The van der Waals surface area contributed by atoms with E-state index in [2.05, 4.69) is 15.2 Å². The van der Waals surface area contributed by atoms with Crippen molar-refractivity contribution < 1.29 is 9.90 Å². The van der Waals surface area contributed by atoms with Crippen LogP contribution in [0.15, 0.2) is 12.4 Å². The molecule has 17 heavy (non-hydrogen) atoms. The van der Waals surface area contributed by atoms with E-state index in [0.717, 1.165) is 22.8 Å². The predicted octanol–water partition coefficient (Wildman–Crippen LogP) is 0.839. The third-order valence-corrected chi connectivity index (χ3v) is 3.16. The van der Waals surface area contributed by atoms with Gasteiger partial charge in [0.05, 0.1) is 17.8 Å². The van der Waals surface area contributed by atoms with E-state index in [9.17, 15) is 4.79 Å². The Morgan fingerprint density at radius 3 is 3.06 bits per heavy atom. The van der Waals surface area contributed by atoms with Gasteiger partial charge in [0.2, 0.25) is 0 Å². The Morgan fingerprint density at radius 1 is 1.65 bits per heavy atom. The summed E-state index contributed by atoms with van der Waals surface area (Å²) < 4.78 is 1.92.